The third kappa shape index (κ3) is 2.99. The molecule has 7 heteroatoms. The average Bonchev–Trinajstić information content (AvgIpc) is 2.29. The normalized spacial score (nSPS) is 12.4. The van der Waals surface area contributed by atoms with Crippen LogP contribution in [0.1, 0.15) is 23.7 Å². The predicted octanol–water partition coefficient (Wildman–Crippen LogP) is 1.43. The van der Waals surface area contributed by atoms with Crippen molar-refractivity contribution >= 4 is 21.7 Å². The van der Waals surface area contributed by atoms with Gasteiger partial charge in [0.05, 0.1) is 17.3 Å². The summed E-state index contributed by atoms with van der Waals surface area (Å²) >= 11 is 0. The molecule has 1 rings (SSSR count). The van der Waals surface area contributed by atoms with Crippen LogP contribution in [0.25, 0.3) is 0 Å². The molecule has 0 aliphatic heterocycles. The summed E-state index contributed by atoms with van der Waals surface area (Å²) in [6.45, 7) is 1.57. The van der Waals surface area contributed by atoms with Crippen molar-refractivity contribution < 1.29 is 18.3 Å². The van der Waals surface area contributed by atoms with Crippen LogP contribution < -0.4 is 4.72 Å². The van der Waals surface area contributed by atoms with E-state index in [1.165, 1.54) is 24.3 Å². The smallest absolute Gasteiger partial charge is 0.337 e. The second-order valence-corrected chi connectivity index (χ2v) is 5.39. The van der Waals surface area contributed by atoms with Gasteiger partial charge in [-0.25, -0.2) is 13.2 Å². The second kappa shape index (κ2) is 5.51. The Morgan fingerprint density at radius 2 is 2.11 bits per heavy atom. The maximum atomic E-state index is 11.8. The average molecular weight is 268 g/mol. The molecule has 0 heterocycles. The van der Waals surface area contributed by atoms with E-state index in [-0.39, 0.29) is 17.7 Å². The van der Waals surface area contributed by atoms with E-state index in [1.807, 2.05) is 0 Å². The van der Waals surface area contributed by atoms with Crippen LogP contribution in [0.4, 0.5) is 5.69 Å². The molecular formula is C11H12N2O4S. The Morgan fingerprint density at radius 3 is 2.61 bits per heavy atom. The van der Waals surface area contributed by atoms with E-state index < -0.39 is 21.2 Å². The fourth-order valence-electron chi connectivity index (χ4n) is 1.36. The third-order valence-electron chi connectivity index (χ3n) is 2.30. The lowest BCUT2D eigenvalue weighted by atomic mass is 10.2. The highest BCUT2D eigenvalue weighted by molar-refractivity contribution is 7.93. The molecule has 0 bridgehead atoms. The summed E-state index contributed by atoms with van der Waals surface area (Å²) in [4.78, 5) is 10.9. The highest BCUT2D eigenvalue weighted by Gasteiger charge is 2.24. The van der Waals surface area contributed by atoms with Crippen molar-refractivity contribution in [2.24, 2.45) is 0 Å². The fourth-order valence-corrected chi connectivity index (χ4v) is 2.57. The summed E-state index contributed by atoms with van der Waals surface area (Å²) in [6.07, 6.45) is 0.126. The van der Waals surface area contributed by atoms with Gasteiger partial charge in [-0.2, -0.15) is 5.26 Å². The number of carboxylic acids is 1. The van der Waals surface area contributed by atoms with Gasteiger partial charge in [0.2, 0.25) is 10.0 Å². The van der Waals surface area contributed by atoms with Crippen LogP contribution in [0.15, 0.2) is 24.3 Å². The second-order valence-electron chi connectivity index (χ2n) is 3.52. The zero-order chi connectivity index (χ0) is 13.8. The van der Waals surface area contributed by atoms with Crippen molar-refractivity contribution in [1.82, 2.24) is 0 Å². The molecular weight excluding hydrogens is 256 g/mol. The molecule has 0 aromatic heterocycles. The standard InChI is InChI=1S/C11H12N2O4S/c1-2-8(7-12)18(16,17)13-10-6-4-3-5-9(10)11(14)15/h3-6,8,13H,2H2,1H3,(H,14,15). The Bertz CT molecular complexity index is 589. The Labute approximate surface area is 105 Å². The van der Waals surface area contributed by atoms with Crippen LogP contribution >= 0.6 is 0 Å². The van der Waals surface area contributed by atoms with Gasteiger partial charge in [-0.1, -0.05) is 19.1 Å². The van der Waals surface area contributed by atoms with Gasteiger partial charge in [-0.15, -0.1) is 0 Å². The Kier molecular flexibility index (Phi) is 4.28. The van der Waals surface area contributed by atoms with Crippen molar-refractivity contribution in [1.29, 1.82) is 5.26 Å². The Balaban J connectivity index is 3.13. The summed E-state index contributed by atoms with van der Waals surface area (Å²) in [5.74, 6) is -1.24. The molecule has 0 fully saturated rings. The van der Waals surface area contributed by atoms with E-state index in [0.717, 1.165) is 0 Å². The maximum Gasteiger partial charge on any atom is 0.337 e. The van der Waals surface area contributed by atoms with Gasteiger partial charge < -0.3 is 5.11 Å². The van der Waals surface area contributed by atoms with E-state index in [0.29, 0.717) is 0 Å². The number of sulfonamides is 1. The third-order valence-corrected chi connectivity index (χ3v) is 3.99. The molecule has 1 unspecified atom stereocenters. The molecule has 1 aromatic carbocycles. The topological polar surface area (TPSA) is 107 Å². The first-order chi connectivity index (χ1) is 8.42. The van der Waals surface area contributed by atoms with Gasteiger partial charge in [0, 0.05) is 0 Å². The minimum Gasteiger partial charge on any atom is -0.478 e. The first-order valence-corrected chi connectivity index (χ1v) is 6.70. The first-order valence-electron chi connectivity index (χ1n) is 5.16. The number of carboxylic acid groups (broad SMARTS) is 1. The maximum absolute atomic E-state index is 11.8. The molecule has 0 radical (unpaired) electrons. The monoisotopic (exact) mass is 268 g/mol. The first kappa shape index (κ1) is 14.0. The van der Waals surface area contributed by atoms with Crippen LogP contribution in [0.5, 0.6) is 0 Å². The lowest BCUT2D eigenvalue weighted by Gasteiger charge is -2.12. The van der Waals surface area contributed by atoms with Gasteiger partial charge in [0.1, 0.15) is 0 Å². The number of nitriles is 1. The summed E-state index contributed by atoms with van der Waals surface area (Å²) in [5, 5.41) is 16.4. The molecule has 0 spiro atoms. The number of aromatic carboxylic acids is 1. The molecule has 1 aromatic rings. The van der Waals surface area contributed by atoms with E-state index in [4.69, 9.17) is 10.4 Å². The van der Waals surface area contributed by atoms with Crippen LogP contribution in [0.2, 0.25) is 0 Å². The SMILES string of the molecule is CCC(C#N)S(=O)(=O)Nc1ccccc1C(=O)O. The Morgan fingerprint density at radius 1 is 1.50 bits per heavy atom. The van der Waals surface area contributed by atoms with Crippen molar-refractivity contribution in [3.05, 3.63) is 29.8 Å². The molecule has 0 aliphatic rings. The lowest BCUT2D eigenvalue weighted by molar-refractivity contribution is 0.0698. The highest BCUT2D eigenvalue weighted by atomic mass is 32.2. The van der Waals surface area contributed by atoms with Gasteiger partial charge in [0.25, 0.3) is 0 Å². The van der Waals surface area contributed by atoms with Crippen LogP contribution in [0, 0.1) is 11.3 Å². The largest absolute Gasteiger partial charge is 0.478 e. The molecule has 6 nitrogen and oxygen atoms in total. The van der Waals surface area contributed by atoms with Crippen LogP contribution in [-0.4, -0.2) is 24.7 Å². The van der Waals surface area contributed by atoms with Gasteiger partial charge in [-0.05, 0) is 18.6 Å². The molecule has 0 aliphatic carbocycles. The van der Waals surface area contributed by atoms with E-state index >= 15 is 0 Å². The van der Waals surface area contributed by atoms with E-state index in [1.54, 1.807) is 13.0 Å². The molecule has 1 atom stereocenters. The Hall–Kier alpha value is -2.07. The number of benzene rings is 1. The molecule has 18 heavy (non-hydrogen) atoms. The number of hydrogen-bond donors (Lipinski definition) is 2. The zero-order valence-electron chi connectivity index (χ0n) is 9.62. The number of carbonyl (C=O) groups is 1. The van der Waals surface area contributed by atoms with Gasteiger partial charge >= 0.3 is 5.97 Å². The predicted molar refractivity (Wildman–Crippen MR) is 65.6 cm³/mol. The zero-order valence-corrected chi connectivity index (χ0v) is 10.4. The van der Waals surface area contributed by atoms with Crippen LogP contribution in [-0.2, 0) is 10.0 Å². The lowest BCUT2D eigenvalue weighted by Crippen LogP contribution is -2.26. The minimum absolute atomic E-state index is 0.0429. The summed E-state index contributed by atoms with van der Waals surface area (Å²) in [7, 11) is -3.91. The molecule has 0 amide bonds. The quantitative estimate of drug-likeness (QED) is 0.839. The number of anilines is 1. The number of para-hydroxylation sites is 1. The van der Waals surface area contributed by atoms with Crippen molar-refractivity contribution in [3.63, 3.8) is 0 Å². The highest BCUT2D eigenvalue weighted by Crippen LogP contribution is 2.18. The van der Waals surface area contributed by atoms with Crippen LogP contribution in [0.3, 0.4) is 0 Å². The summed E-state index contributed by atoms with van der Waals surface area (Å²) in [6, 6.07) is 7.29. The fraction of sp³-hybridized carbons (Fsp3) is 0.273. The summed E-state index contributed by atoms with van der Waals surface area (Å²) < 4.78 is 25.8. The van der Waals surface area contributed by atoms with Crippen molar-refractivity contribution in [2.45, 2.75) is 18.6 Å². The van der Waals surface area contributed by atoms with Crippen molar-refractivity contribution in [2.75, 3.05) is 4.72 Å². The number of rotatable bonds is 5. The van der Waals surface area contributed by atoms with E-state index in [9.17, 15) is 13.2 Å². The molecule has 2 N–H and O–H groups in total. The van der Waals surface area contributed by atoms with E-state index in [2.05, 4.69) is 4.72 Å². The number of nitrogens with one attached hydrogen (secondary N) is 1. The number of nitrogens with zero attached hydrogens (tertiary/aromatic N) is 1. The number of hydrogen-bond acceptors (Lipinski definition) is 4. The molecule has 96 valence electrons. The molecule has 0 saturated heterocycles. The van der Waals surface area contributed by atoms with Gasteiger partial charge in [0.15, 0.2) is 5.25 Å². The van der Waals surface area contributed by atoms with Gasteiger partial charge in [-0.3, -0.25) is 4.72 Å². The molecule has 0 saturated carbocycles. The van der Waals surface area contributed by atoms with Crippen molar-refractivity contribution in [3.8, 4) is 6.07 Å². The summed E-state index contributed by atoms with van der Waals surface area (Å²) in [5.41, 5.74) is -0.201. The minimum atomic E-state index is -3.91.